The molecule has 0 amide bonds. The molecule has 7 heteroatoms. The van der Waals surface area contributed by atoms with Crippen LogP contribution in [-0.4, -0.2) is 16.0 Å². The molecular weight excluding hydrogens is 395 g/mol. The first kappa shape index (κ1) is 24.6. The summed E-state index contributed by atoms with van der Waals surface area (Å²) in [6, 6.07) is 13.9. The summed E-state index contributed by atoms with van der Waals surface area (Å²) in [6.07, 6.45) is 0. The van der Waals surface area contributed by atoms with Gasteiger partial charge in [0, 0.05) is 11.1 Å². The Balaban J connectivity index is 0.000000378. The maximum atomic E-state index is 10.7. The van der Waals surface area contributed by atoms with Crippen LogP contribution in [0.5, 0.6) is 0 Å². The van der Waals surface area contributed by atoms with Crippen LogP contribution in [0.4, 0.5) is 0 Å². The molecule has 0 atom stereocenters. The van der Waals surface area contributed by atoms with E-state index in [0.717, 1.165) is 5.56 Å². The van der Waals surface area contributed by atoms with E-state index in [1.54, 1.807) is 36.4 Å². The first-order valence-corrected chi connectivity index (χ1v) is 8.80. The zero-order valence-electron chi connectivity index (χ0n) is 15.1. The van der Waals surface area contributed by atoms with Gasteiger partial charge in [-0.15, -0.1) is 0 Å². The summed E-state index contributed by atoms with van der Waals surface area (Å²) in [5.74, 6) is 5.06. The van der Waals surface area contributed by atoms with Gasteiger partial charge in [0.25, 0.3) is 10.5 Å². The topological polar surface area (TPSA) is 72.2 Å². The van der Waals surface area contributed by atoms with Crippen LogP contribution in [0.1, 0.15) is 47.1 Å². The zero-order chi connectivity index (χ0) is 20.3. The van der Waals surface area contributed by atoms with Crippen molar-refractivity contribution in [3.8, 4) is 0 Å². The van der Waals surface area contributed by atoms with Gasteiger partial charge < -0.3 is 0 Å². The fourth-order valence-corrected chi connectivity index (χ4v) is 1.91. The molecule has 0 aliphatic carbocycles. The van der Waals surface area contributed by atoms with Crippen LogP contribution in [0.15, 0.2) is 48.5 Å². The van der Waals surface area contributed by atoms with Crippen LogP contribution < -0.4 is 11.3 Å². The second-order valence-electron chi connectivity index (χ2n) is 6.24. The van der Waals surface area contributed by atoms with Crippen molar-refractivity contribution < 1.29 is 9.59 Å². The lowest BCUT2D eigenvalue weighted by atomic mass is 10.1. The minimum absolute atomic E-state index is 0.0694. The monoisotopic (exact) mass is 416 g/mol. The molecule has 26 heavy (non-hydrogen) atoms. The number of nitrogens with two attached hydrogens (primary N) is 1. The summed E-state index contributed by atoms with van der Waals surface area (Å²) in [5, 5.41) is -0.484. The van der Waals surface area contributed by atoms with Gasteiger partial charge in [0.15, 0.2) is 0 Å². The maximum Gasteiger partial charge on any atom is 0.253 e. The fourth-order valence-electron chi connectivity index (χ4n) is 1.37. The Morgan fingerprint density at radius 3 is 1.73 bits per heavy atom. The third-order valence-electron chi connectivity index (χ3n) is 2.84. The van der Waals surface area contributed by atoms with E-state index in [-0.39, 0.29) is 5.54 Å². The number of nitrogens with one attached hydrogen (secondary N) is 1. The van der Waals surface area contributed by atoms with Crippen molar-refractivity contribution in [2.24, 2.45) is 5.84 Å². The smallest absolute Gasteiger partial charge is 0.253 e. The number of carbonyl (C=O) groups excluding carboxylic acids is 2. The first-order valence-electron chi connectivity index (χ1n) is 7.67. The van der Waals surface area contributed by atoms with E-state index in [2.05, 4.69) is 5.43 Å². The summed E-state index contributed by atoms with van der Waals surface area (Å²) in [7, 11) is 0. The lowest BCUT2D eigenvalue weighted by molar-refractivity contribution is 0.107. The van der Waals surface area contributed by atoms with Crippen LogP contribution >= 0.6 is 34.8 Å². The highest BCUT2D eigenvalue weighted by Gasteiger charge is 2.07. The van der Waals surface area contributed by atoms with Crippen molar-refractivity contribution in [3.63, 3.8) is 0 Å². The van der Waals surface area contributed by atoms with Gasteiger partial charge in [0.05, 0.1) is 10.6 Å². The maximum absolute atomic E-state index is 10.7. The standard InChI is InChI=1S/C8H6Cl2O.C7H5ClO.C4H12N2/c1-5-3-2-4-6(7(5)9)8(10)11;8-7(9)6-4-2-1-3-5-6;1-4(2,3)6-5/h2-4H,1H3;1-5H;6H,5H2,1-3H3. The molecule has 3 N–H and O–H groups in total. The number of aryl methyl sites for hydroxylation is 1. The fraction of sp³-hybridized carbons (Fsp3) is 0.263. The highest BCUT2D eigenvalue weighted by atomic mass is 35.5. The Kier molecular flexibility index (Phi) is 11.4. The van der Waals surface area contributed by atoms with Gasteiger partial charge in [-0.25, -0.2) is 0 Å². The van der Waals surface area contributed by atoms with E-state index in [4.69, 9.17) is 40.6 Å². The van der Waals surface area contributed by atoms with E-state index in [1.807, 2.05) is 39.8 Å². The molecule has 0 bridgehead atoms. The van der Waals surface area contributed by atoms with Crippen LogP contribution in [0.3, 0.4) is 0 Å². The van der Waals surface area contributed by atoms with E-state index >= 15 is 0 Å². The number of hydrogen-bond acceptors (Lipinski definition) is 4. The van der Waals surface area contributed by atoms with Gasteiger partial charge in [-0.05, 0) is 62.5 Å². The van der Waals surface area contributed by atoms with Crippen molar-refractivity contribution in [1.29, 1.82) is 0 Å². The minimum Gasteiger partial charge on any atom is -0.276 e. The quantitative estimate of drug-likeness (QED) is 0.393. The molecule has 0 aliphatic rings. The average molecular weight is 418 g/mol. The number of rotatable bonds is 2. The first-order chi connectivity index (χ1) is 12.0. The van der Waals surface area contributed by atoms with Crippen molar-refractivity contribution in [3.05, 3.63) is 70.2 Å². The molecule has 0 aromatic heterocycles. The lowest BCUT2D eigenvalue weighted by Gasteiger charge is -2.14. The summed E-state index contributed by atoms with van der Waals surface area (Å²) in [4.78, 5) is 21.1. The number of hydrogen-bond donors (Lipinski definition) is 2. The third kappa shape index (κ3) is 10.5. The largest absolute Gasteiger partial charge is 0.276 e. The SMILES string of the molecule is CC(C)(C)NN.Cc1cccc(C(=O)Cl)c1Cl.O=C(Cl)c1ccccc1. The molecule has 4 nitrogen and oxygen atoms in total. The van der Waals surface area contributed by atoms with Gasteiger partial charge in [-0.2, -0.15) is 0 Å². The molecule has 0 spiro atoms. The Bertz CT molecular complexity index is 714. The predicted octanol–water partition coefficient (Wildman–Crippen LogP) is 5.34. The lowest BCUT2D eigenvalue weighted by Crippen LogP contribution is -2.41. The van der Waals surface area contributed by atoms with E-state index < -0.39 is 10.5 Å². The molecule has 142 valence electrons. The van der Waals surface area contributed by atoms with Gasteiger partial charge in [-0.3, -0.25) is 20.9 Å². The zero-order valence-corrected chi connectivity index (χ0v) is 17.4. The molecule has 2 aromatic rings. The van der Waals surface area contributed by atoms with Gasteiger partial charge in [-0.1, -0.05) is 54.1 Å². The number of halogens is 3. The average Bonchev–Trinajstić information content (AvgIpc) is 2.58. The second-order valence-corrected chi connectivity index (χ2v) is 7.31. The van der Waals surface area contributed by atoms with Gasteiger partial charge in [0.2, 0.25) is 0 Å². The van der Waals surface area contributed by atoms with Crippen LogP contribution in [-0.2, 0) is 0 Å². The predicted molar refractivity (Wildman–Crippen MR) is 110 cm³/mol. The molecule has 0 radical (unpaired) electrons. The van der Waals surface area contributed by atoms with Crippen molar-refractivity contribution >= 4 is 45.3 Å². The molecule has 0 heterocycles. The van der Waals surface area contributed by atoms with Crippen LogP contribution in [0, 0.1) is 6.92 Å². The Morgan fingerprint density at radius 2 is 1.42 bits per heavy atom. The van der Waals surface area contributed by atoms with Crippen LogP contribution in [0.2, 0.25) is 5.02 Å². The molecule has 0 saturated carbocycles. The van der Waals surface area contributed by atoms with E-state index in [9.17, 15) is 9.59 Å². The summed E-state index contributed by atoms with van der Waals surface area (Å²) in [5.41, 5.74) is 4.44. The molecule has 2 aromatic carbocycles. The van der Waals surface area contributed by atoms with Crippen molar-refractivity contribution in [2.75, 3.05) is 0 Å². The molecule has 0 saturated heterocycles. The summed E-state index contributed by atoms with van der Waals surface area (Å²) < 4.78 is 0. The highest BCUT2D eigenvalue weighted by Crippen LogP contribution is 2.21. The Hall–Kier alpha value is -1.43. The number of benzene rings is 2. The van der Waals surface area contributed by atoms with Gasteiger partial charge >= 0.3 is 0 Å². The molecular formula is C19H23Cl3N2O2. The number of hydrazine groups is 1. The summed E-state index contributed by atoms with van der Waals surface area (Å²) >= 11 is 16.2. The van der Waals surface area contributed by atoms with E-state index in [0.29, 0.717) is 16.1 Å². The Morgan fingerprint density at radius 1 is 0.923 bits per heavy atom. The summed E-state index contributed by atoms with van der Waals surface area (Å²) in [6.45, 7) is 7.85. The Labute approximate surface area is 169 Å². The van der Waals surface area contributed by atoms with E-state index in [1.165, 1.54) is 0 Å². The molecule has 0 unspecified atom stereocenters. The second kappa shape index (κ2) is 12.0. The molecule has 2 rings (SSSR count). The molecule has 0 aliphatic heterocycles. The van der Waals surface area contributed by atoms with Crippen LogP contribution in [0.25, 0.3) is 0 Å². The highest BCUT2D eigenvalue weighted by molar-refractivity contribution is 6.68. The molecule has 0 fully saturated rings. The number of carbonyl (C=O) groups is 2. The minimum atomic E-state index is -0.515. The normalized spacial score (nSPS) is 10.0. The van der Waals surface area contributed by atoms with Gasteiger partial charge in [0.1, 0.15) is 0 Å². The third-order valence-corrected chi connectivity index (χ3v) is 3.76. The van der Waals surface area contributed by atoms with Crippen molar-refractivity contribution in [1.82, 2.24) is 5.43 Å². The van der Waals surface area contributed by atoms with Crippen molar-refractivity contribution in [2.45, 2.75) is 33.2 Å².